The third-order valence-corrected chi connectivity index (χ3v) is 7.72. The van der Waals surface area contributed by atoms with Crippen molar-refractivity contribution in [2.75, 3.05) is 46.5 Å². The molecule has 1 saturated heterocycles. The molecule has 0 aliphatic carbocycles. The number of nitrogens with zero attached hydrogens (tertiary/aromatic N) is 2. The van der Waals surface area contributed by atoms with E-state index in [1.165, 1.54) is 0 Å². The molecule has 1 heterocycles. The van der Waals surface area contributed by atoms with Gasteiger partial charge in [-0.2, -0.15) is 4.31 Å². The molecule has 0 spiro atoms. The highest BCUT2D eigenvalue weighted by molar-refractivity contribution is 7.89. The fraction of sp³-hybridized carbons (Fsp3) is 0.360. The van der Waals surface area contributed by atoms with Crippen LogP contribution < -0.4 is 4.74 Å². The molecule has 3 aromatic carbocycles. The van der Waals surface area contributed by atoms with Gasteiger partial charge in [0, 0.05) is 31.7 Å². The van der Waals surface area contributed by atoms with E-state index in [0.717, 1.165) is 55.6 Å². The molecule has 32 heavy (non-hydrogen) atoms. The lowest BCUT2D eigenvalue weighted by Crippen LogP contribution is -2.39. The van der Waals surface area contributed by atoms with Crippen molar-refractivity contribution in [3.05, 3.63) is 72.3 Å². The van der Waals surface area contributed by atoms with Gasteiger partial charge in [-0.15, -0.1) is 0 Å². The Labute approximate surface area is 190 Å². The number of para-hydroxylation sites is 1. The van der Waals surface area contributed by atoms with Crippen LogP contribution in [0.3, 0.4) is 0 Å². The predicted molar refractivity (Wildman–Crippen MR) is 126 cm³/mol. The van der Waals surface area contributed by atoms with Gasteiger partial charge in [0.1, 0.15) is 5.75 Å². The van der Waals surface area contributed by atoms with Crippen molar-refractivity contribution in [1.29, 1.82) is 0 Å². The Hall–Kier alpha value is -2.45. The molecular weight excluding hydrogens is 424 g/mol. The molecule has 1 fully saturated rings. The number of ether oxygens (including phenoxy) is 2. The van der Waals surface area contributed by atoms with Crippen molar-refractivity contribution in [2.45, 2.75) is 17.9 Å². The Morgan fingerprint density at radius 3 is 2.47 bits per heavy atom. The van der Waals surface area contributed by atoms with Gasteiger partial charge in [-0.05, 0) is 41.9 Å². The monoisotopic (exact) mass is 454 g/mol. The molecule has 0 radical (unpaired) electrons. The molecule has 0 amide bonds. The first kappa shape index (κ1) is 22.7. The Morgan fingerprint density at radius 2 is 1.69 bits per heavy atom. The molecule has 170 valence electrons. The van der Waals surface area contributed by atoms with Crippen LogP contribution in [0.4, 0.5) is 0 Å². The van der Waals surface area contributed by atoms with Gasteiger partial charge in [-0.25, -0.2) is 8.42 Å². The van der Waals surface area contributed by atoms with Crippen molar-refractivity contribution in [3.8, 4) is 5.75 Å². The largest absolute Gasteiger partial charge is 0.496 e. The van der Waals surface area contributed by atoms with Gasteiger partial charge >= 0.3 is 0 Å². The maximum atomic E-state index is 13.7. The van der Waals surface area contributed by atoms with Crippen molar-refractivity contribution in [2.24, 2.45) is 0 Å². The van der Waals surface area contributed by atoms with Gasteiger partial charge in [0.15, 0.2) is 0 Å². The number of fused-ring (bicyclic) bond motifs is 1. The summed E-state index contributed by atoms with van der Waals surface area (Å²) in [5.74, 6) is 0.694. The maximum Gasteiger partial charge on any atom is 0.243 e. The highest BCUT2D eigenvalue weighted by Gasteiger charge is 2.26. The lowest BCUT2D eigenvalue weighted by molar-refractivity contribution is 0.0368. The molecule has 4 rings (SSSR count). The number of rotatable bonds is 9. The van der Waals surface area contributed by atoms with Gasteiger partial charge in [-0.1, -0.05) is 48.5 Å². The van der Waals surface area contributed by atoms with E-state index in [9.17, 15) is 8.42 Å². The Morgan fingerprint density at radius 1 is 0.969 bits per heavy atom. The summed E-state index contributed by atoms with van der Waals surface area (Å²) in [6.07, 6.45) is 0.752. The molecule has 0 saturated carbocycles. The van der Waals surface area contributed by atoms with Crippen LogP contribution in [-0.4, -0.2) is 64.1 Å². The zero-order valence-electron chi connectivity index (χ0n) is 18.4. The second kappa shape index (κ2) is 10.4. The zero-order chi connectivity index (χ0) is 22.4. The summed E-state index contributed by atoms with van der Waals surface area (Å²) < 4.78 is 39.9. The van der Waals surface area contributed by atoms with Crippen LogP contribution in [0, 0.1) is 0 Å². The number of sulfonamides is 1. The summed E-state index contributed by atoms with van der Waals surface area (Å²) in [4.78, 5) is 2.64. The third-order valence-electron chi connectivity index (χ3n) is 5.88. The number of hydrogen-bond acceptors (Lipinski definition) is 5. The van der Waals surface area contributed by atoms with E-state index in [1.54, 1.807) is 23.5 Å². The molecule has 0 bridgehead atoms. The summed E-state index contributed by atoms with van der Waals surface area (Å²) in [6.45, 7) is 4.81. The third kappa shape index (κ3) is 5.30. The molecule has 7 heteroatoms. The first-order valence-corrected chi connectivity index (χ1v) is 12.4. The number of morpholine rings is 1. The summed E-state index contributed by atoms with van der Waals surface area (Å²) in [5, 5.41) is 1.94. The SMILES string of the molecule is COc1ccccc1CN(CCCN1CCOCC1)S(=O)(=O)c1ccc2ccccc2c1. The first-order chi connectivity index (χ1) is 15.6. The van der Waals surface area contributed by atoms with Crippen molar-refractivity contribution in [3.63, 3.8) is 0 Å². The van der Waals surface area contributed by atoms with Crippen LogP contribution in [0.2, 0.25) is 0 Å². The average molecular weight is 455 g/mol. The summed E-state index contributed by atoms with van der Waals surface area (Å²) >= 11 is 0. The van der Waals surface area contributed by atoms with Crippen molar-refractivity contribution in [1.82, 2.24) is 9.21 Å². The standard InChI is InChI=1S/C25H30N2O4S/c1-30-25-10-5-4-9-23(25)20-27(14-6-13-26-15-17-31-18-16-26)32(28,29)24-12-11-21-7-2-3-8-22(21)19-24/h2-5,7-12,19H,6,13-18,20H2,1H3. The number of benzene rings is 3. The second-order valence-corrected chi connectivity index (χ2v) is 9.90. The molecule has 1 aliphatic rings. The van der Waals surface area contributed by atoms with Gasteiger partial charge in [-0.3, -0.25) is 4.90 Å². The van der Waals surface area contributed by atoms with Crippen LogP contribution in [0.25, 0.3) is 10.8 Å². The average Bonchev–Trinajstić information content (AvgIpc) is 2.84. The molecule has 3 aromatic rings. The Bertz CT molecular complexity index is 1140. The highest BCUT2D eigenvalue weighted by atomic mass is 32.2. The summed E-state index contributed by atoms with van der Waals surface area (Å²) in [5.41, 5.74) is 0.853. The molecule has 6 nitrogen and oxygen atoms in total. The van der Waals surface area contributed by atoms with Crippen molar-refractivity contribution < 1.29 is 17.9 Å². The summed E-state index contributed by atoms with van der Waals surface area (Å²) in [6, 6.07) is 20.7. The minimum atomic E-state index is -3.68. The molecule has 1 aliphatic heterocycles. The minimum absolute atomic E-state index is 0.266. The van der Waals surface area contributed by atoms with Gasteiger partial charge in [0.25, 0.3) is 0 Å². The van der Waals surface area contributed by atoms with E-state index in [1.807, 2.05) is 54.6 Å². The van der Waals surface area contributed by atoms with E-state index in [-0.39, 0.29) is 6.54 Å². The van der Waals surface area contributed by atoms with E-state index < -0.39 is 10.0 Å². The molecule has 0 unspecified atom stereocenters. The first-order valence-electron chi connectivity index (χ1n) is 11.0. The number of hydrogen-bond donors (Lipinski definition) is 0. The minimum Gasteiger partial charge on any atom is -0.496 e. The molecule has 0 N–H and O–H groups in total. The molecular formula is C25H30N2O4S. The lowest BCUT2D eigenvalue weighted by atomic mass is 10.1. The quantitative estimate of drug-likeness (QED) is 0.493. The second-order valence-electron chi connectivity index (χ2n) is 7.97. The molecule has 0 atom stereocenters. The normalized spacial score (nSPS) is 15.3. The van der Waals surface area contributed by atoms with E-state index in [0.29, 0.717) is 17.2 Å². The fourth-order valence-corrected chi connectivity index (χ4v) is 5.57. The van der Waals surface area contributed by atoms with Gasteiger partial charge in [0.05, 0.1) is 25.2 Å². The van der Waals surface area contributed by atoms with E-state index in [2.05, 4.69) is 4.90 Å². The van der Waals surface area contributed by atoms with Gasteiger partial charge in [0.2, 0.25) is 10.0 Å². The van der Waals surface area contributed by atoms with Crippen LogP contribution in [0.5, 0.6) is 5.75 Å². The lowest BCUT2D eigenvalue weighted by Gasteiger charge is -2.28. The van der Waals surface area contributed by atoms with E-state index in [4.69, 9.17) is 9.47 Å². The zero-order valence-corrected chi connectivity index (χ0v) is 19.3. The topological polar surface area (TPSA) is 59.1 Å². The Balaban J connectivity index is 1.59. The van der Waals surface area contributed by atoms with Crippen LogP contribution in [0.15, 0.2) is 71.6 Å². The maximum absolute atomic E-state index is 13.7. The van der Waals surface area contributed by atoms with E-state index >= 15 is 0 Å². The Kier molecular flexibility index (Phi) is 7.42. The van der Waals surface area contributed by atoms with Crippen LogP contribution >= 0.6 is 0 Å². The van der Waals surface area contributed by atoms with Crippen LogP contribution in [0.1, 0.15) is 12.0 Å². The number of methoxy groups -OCH3 is 1. The predicted octanol–water partition coefficient (Wildman–Crippen LogP) is 3.76. The fourth-order valence-electron chi connectivity index (χ4n) is 4.08. The van der Waals surface area contributed by atoms with Gasteiger partial charge < -0.3 is 9.47 Å². The van der Waals surface area contributed by atoms with Crippen molar-refractivity contribution >= 4 is 20.8 Å². The molecule has 0 aromatic heterocycles. The smallest absolute Gasteiger partial charge is 0.243 e. The van der Waals surface area contributed by atoms with Crippen LogP contribution in [-0.2, 0) is 21.3 Å². The summed E-state index contributed by atoms with van der Waals surface area (Å²) in [7, 11) is -2.07. The highest BCUT2D eigenvalue weighted by Crippen LogP contribution is 2.26.